The molecular weight excluding hydrogens is 382 g/mol. The predicted octanol–water partition coefficient (Wildman–Crippen LogP) is 4.60. The van der Waals surface area contributed by atoms with Crippen molar-refractivity contribution in [2.75, 3.05) is 13.2 Å². The largest absolute Gasteiger partial charge is 0.449 e. The molecule has 2 saturated heterocycles. The Bertz CT molecular complexity index is 882. The molecule has 2 aromatic carbocycles. The summed E-state index contributed by atoms with van der Waals surface area (Å²) in [6.45, 7) is 0.973. The summed E-state index contributed by atoms with van der Waals surface area (Å²) in [7, 11) is -0.662. The highest BCUT2D eigenvalue weighted by Crippen LogP contribution is 2.44. The SMILES string of the molecule is O=C(NCC1CC2CCCC(C1)S2=O)OCC1c2ccccc2-c2ccccc21. The fourth-order valence-corrected chi connectivity index (χ4v) is 7.65. The number of rotatable bonds is 4. The molecule has 5 heteroatoms. The zero-order valence-electron chi connectivity index (χ0n) is 16.5. The minimum absolute atomic E-state index is 0.0876. The number of ether oxygens (including phenoxy) is 1. The van der Waals surface area contributed by atoms with E-state index in [0.29, 0.717) is 29.6 Å². The van der Waals surface area contributed by atoms with E-state index in [0.717, 1.165) is 25.7 Å². The van der Waals surface area contributed by atoms with Crippen molar-refractivity contribution in [1.82, 2.24) is 5.32 Å². The van der Waals surface area contributed by atoms with Gasteiger partial charge in [0.15, 0.2) is 0 Å². The highest BCUT2D eigenvalue weighted by atomic mass is 32.2. The smallest absolute Gasteiger partial charge is 0.407 e. The third-order valence-electron chi connectivity index (χ3n) is 6.78. The van der Waals surface area contributed by atoms with Crippen molar-refractivity contribution >= 4 is 16.9 Å². The van der Waals surface area contributed by atoms with Crippen molar-refractivity contribution in [2.24, 2.45) is 5.92 Å². The van der Waals surface area contributed by atoms with Gasteiger partial charge in [0.05, 0.1) is 0 Å². The van der Waals surface area contributed by atoms with Crippen LogP contribution >= 0.6 is 0 Å². The maximum atomic E-state index is 12.4. The molecule has 1 amide bonds. The molecule has 5 rings (SSSR count). The first-order chi connectivity index (χ1) is 14.2. The molecule has 0 spiro atoms. The third kappa shape index (κ3) is 3.61. The molecule has 4 nitrogen and oxygen atoms in total. The van der Waals surface area contributed by atoms with Crippen LogP contribution < -0.4 is 5.32 Å². The Morgan fingerprint density at radius 2 is 1.55 bits per heavy atom. The summed E-state index contributed by atoms with van der Waals surface area (Å²) in [4.78, 5) is 12.4. The first-order valence-electron chi connectivity index (χ1n) is 10.7. The fourth-order valence-electron chi connectivity index (χ4n) is 5.39. The van der Waals surface area contributed by atoms with E-state index in [1.807, 2.05) is 12.1 Å². The van der Waals surface area contributed by atoms with Crippen molar-refractivity contribution in [3.63, 3.8) is 0 Å². The average molecular weight is 410 g/mol. The summed E-state index contributed by atoms with van der Waals surface area (Å²) in [5.74, 6) is 0.507. The lowest BCUT2D eigenvalue weighted by molar-refractivity contribution is 0.140. The molecule has 2 bridgehead atoms. The van der Waals surface area contributed by atoms with Gasteiger partial charge in [0.2, 0.25) is 0 Å². The quantitative estimate of drug-likeness (QED) is 0.803. The lowest BCUT2D eigenvalue weighted by Gasteiger charge is -2.38. The summed E-state index contributed by atoms with van der Waals surface area (Å²) >= 11 is 0. The van der Waals surface area contributed by atoms with Crippen LogP contribution in [-0.4, -0.2) is 34.0 Å². The molecule has 152 valence electrons. The molecule has 0 radical (unpaired) electrons. The number of nitrogens with one attached hydrogen (secondary N) is 1. The van der Waals surface area contributed by atoms with Crippen molar-refractivity contribution in [3.8, 4) is 11.1 Å². The van der Waals surface area contributed by atoms with Gasteiger partial charge in [-0.05, 0) is 53.9 Å². The number of carbonyl (C=O) groups is 1. The van der Waals surface area contributed by atoms with Gasteiger partial charge in [-0.3, -0.25) is 4.21 Å². The fraction of sp³-hybridized carbons (Fsp3) is 0.458. The van der Waals surface area contributed by atoms with E-state index in [-0.39, 0.29) is 12.0 Å². The standard InChI is InChI=1S/C24H27NO3S/c26-24(25-14-16-12-17-6-5-7-18(13-16)29(17)27)28-15-23-21-10-3-1-8-19(21)20-9-2-4-11-22(20)23/h1-4,8-11,16-18,23H,5-7,12-15H2,(H,25,26). The molecule has 0 saturated carbocycles. The van der Waals surface area contributed by atoms with E-state index in [1.165, 1.54) is 28.7 Å². The van der Waals surface area contributed by atoms with Crippen LogP contribution in [0.4, 0.5) is 4.79 Å². The molecule has 0 aromatic heterocycles. The van der Waals surface area contributed by atoms with E-state index in [2.05, 4.69) is 41.7 Å². The van der Waals surface area contributed by atoms with Crippen LogP contribution in [0.3, 0.4) is 0 Å². The monoisotopic (exact) mass is 409 g/mol. The summed E-state index contributed by atoms with van der Waals surface area (Å²) in [6.07, 6.45) is 4.94. The second-order valence-electron chi connectivity index (χ2n) is 8.55. The number of benzene rings is 2. The number of fused-ring (bicyclic) bond motifs is 5. The Balaban J connectivity index is 1.18. The molecular formula is C24H27NO3S. The molecule has 2 unspecified atom stereocenters. The van der Waals surface area contributed by atoms with Gasteiger partial charge in [-0.1, -0.05) is 55.0 Å². The number of carbonyl (C=O) groups excluding carboxylic acids is 1. The zero-order chi connectivity index (χ0) is 19.8. The van der Waals surface area contributed by atoms with E-state index >= 15 is 0 Å². The molecule has 2 heterocycles. The summed E-state index contributed by atoms with van der Waals surface area (Å²) < 4.78 is 18.0. The van der Waals surface area contributed by atoms with Crippen LogP contribution in [0.25, 0.3) is 11.1 Å². The van der Waals surface area contributed by atoms with Gasteiger partial charge in [-0.2, -0.15) is 0 Å². The lowest BCUT2D eigenvalue weighted by Crippen LogP contribution is -2.43. The van der Waals surface area contributed by atoms with Gasteiger partial charge < -0.3 is 10.1 Å². The Morgan fingerprint density at radius 3 is 2.17 bits per heavy atom. The number of hydrogen-bond donors (Lipinski definition) is 1. The highest BCUT2D eigenvalue weighted by Gasteiger charge is 2.38. The molecule has 29 heavy (non-hydrogen) atoms. The maximum absolute atomic E-state index is 12.4. The van der Waals surface area contributed by atoms with Crippen molar-refractivity contribution in [3.05, 3.63) is 59.7 Å². The lowest BCUT2D eigenvalue weighted by atomic mass is 9.89. The molecule has 2 atom stereocenters. The molecule has 1 aliphatic carbocycles. The zero-order valence-corrected chi connectivity index (χ0v) is 17.3. The Morgan fingerprint density at radius 1 is 0.966 bits per heavy atom. The third-order valence-corrected chi connectivity index (χ3v) is 8.95. The average Bonchev–Trinajstić information content (AvgIpc) is 3.05. The van der Waals surface area contributed by atoms with Gasteiger partial charge in [0.1, 0.15) is 6.61 Å². The maximum Gasteiger partial charge on any atom is 0.407 e. The first kappa shape index (κ1) is 18.9. The summed E-state index contributed by atoms with van der Waals surface area (Å²) in [5, 5.41) is 3.63. The normalized spacial score (nSPS) is 27.7. The number of hydrogen-bond acceptors (Lipinski definition) is 3. The first-order valence-corrected chi connectivity index (χ1v) is 12.0. The molecule has 3 aliphatic rings. The second-order valence-corrected chi connectivity index (χ2v) is 10.5. The van der Waals surface area contributed by atoms with Gasteiger partial charge in [0, 0.05) is 33.8 Å². The topological polar surface area (TPSA) is 55.4 Å². The van der Waals surface area contributed by atoms with Crippen molar-refractivity contribution < 1.29 is 13.7 Å². The van der Waals surface area contributed by atoms with Crippen molar-refractivity contribution in [2.45, 2.75) is 48.5 Å². The minimum atomic E-state index is -0.662. The van der Waals surface area contributed by atoms with Gasteiger partial charge in [0.25, 0.3) is 0 Å². The van der Waals surface area contributed by atoms with Gasteiger partial charge in [-0.15, -0.1) is 0 Å². The molecule has 2 fully saturated rings. The predicted molar refractivity (Wildman–Crippen MR) is 115 cm³/mol. The summed E-state index contributed by atoms with van der Waals surface area (Å²) in [6, 6.07) is 16.7. The Labute approximate surface area is 174 Å². The molecule has 1 N–H and O–H groups in total. The van der Waals surface area contributed by atoms with Crippen molar-refractivity contribution in [1.29, 1.82) is 0 Å². The van der Waals surface area contributed by atoms with E-state index in [4.69, 9.17) is 4.74 Å². The van der Waals surface area contributed by atoms with Crippen LogP contribution in [0.1, 0.15) is 49.1 Å². The van der Waals surface area contributed by atoms with E-state index < -0.39 is 10.8 Å². The number of alkyl carbamates (subject to hydrolysis) is 1. The second kappa shape index (κ2) is 7.94. The number of amides is 1. The van der Waals surface area contributed by atoms with E-state index in [1.54, 1.807) is 0 Å². The van der Waals surface area contributed by atoms with Gasteiger partial charge >= 0.3 is 6.09 Å². The van der Waals surface area contributed by atoms with Crippen LogP contribution in [0.5, 0.6) is 0 Å². The van der Waals surface area contributed by atoms with Crippen LogP contribution in [0.15, 0.2) is 48.5 Å². The van der Waals surface area contributed by atoms with Crippen LogP contribution in [0, 0.1) is 5.92 Å². The van der Waals surface area contributed by atoms with Crippen LogP contribution in [-0.2, 0) is 15.5 Å². The minimum Gasteiger partial charge on any atom is -0.449 e. The van der Waals surface area contributed by atoms with E-state index in [9.17, 15) is 9.00 Å². The summed E-state index contributed by atoms with van der Waals surface area (Å²) in [5.41, 5.74) is 4.92. The van der Waals surface area contributed by atoms with Crippen LogP contribution in [0.2, 0.25) is 0 Å². The molecule has 2 aromatic rings. The highest BCUT2D eigenvalue weighted by molar-refractivity contribution is 7.86. The molecule has 2 aliphatic heterocycles. The van der Waals surface area contributed by atoms with Gasteiger partial charge in [-0.25, -0.2) is 4.79 Å². The Kier molecular flexibility index (Phi) is 5.17. The Hall–Kier alpha value is -2.14.